The van der Waals surface area contributed by atoms with Crippen molar-refractivity contribution in [1.82, 2.24) is 19.9 Å². The predicted molar refractivity (Wildman–Crippen MR) is 111 cm³/mol. The van der Waals surface area contributed by atoms with Crippen molar-refractivity contribution in [3.8, 4) is 0 Å². The van der Waals surface area contributed by atoms with Gasteiger partial charge in [-0.2, -0.15) is 0 Å². The molecule has 0 fully saturated rings. The Morgan fingerprint density at radius 1 is 0.967 bits per heavy atom. The summed E-state index contributed by atoms with van der Waals surface area (Å²) in [6, 6.07) is 14.1. The number of halogens is 1. The molecule has 0 radical (unpaired) electrons. The third-order valence-electron chi connectivity index (χ3n) is 5.40. The minimum Gasteiger partial charge on any atom is -0.294 e. The highest BCUT2D eigenvalue weighted by Crippen LogP contribution is 2.32. The number of aryl methyl sites for hydroxylation is 1. The summed E-state index contributed by atoms with van der Waals surface area (Å²) in [5.74, 6) is 0.419. The lowest BCUT2D eigenvalue weighted by molar-refractivity contribution is 0.0962. The van der Waals surface area contributed by atoms with E-state index < -0.39 is 0 Å². The van der Waals surface area contributed by atoms with Gasteiger partial charge in [0.2, 0.25) is 11.9 Å². The van der Waals surface area contributed by atoms with Gasteiger partial charge in [0.15, 0.2) is 5.78 Å². The first-order chi connectivity index (χ1) is 14.6. The number of nitrogens with one attached hydrogen (secondary N) is 1. The Morgan fingerprint density at radius 2 is 1.77 bits per heavy atom. The van der Waals surface area contributed by atoms with Gasteiger partial charge in [-0.3, -0.25) is 10.1 Å². The van der Waals surface area contributed by atoms with Crippen LogP contribution in [0.5, 0.6) is 0 Å². The van der Waals surface area contributed by atoms with Gasteiger partial charge in [-0.05, 0) is 43.0 Å². The molecule has 0 bridgehead atoms. The lowest BCUT2D eigenvalue weighted by atomic mass is 9.82. The van der Waals surface area contributed by atoms with Crippen molar-refractivity contribution in [3.63, 3.8) is 0 Å². The molecule has 1 N–H and O–H groups in total. The van der Waals surface area contributed by atoms with Crippen molar-refractivity contribution in [2.24, 2.45) is 0 Å². The van der Waals surface area contributed by atoms with Crippen LogP contribution in [0.1, 0.15) is 39.6 Å². The van der Waals surface area contributed by atoms with E-state index in [2.05, 4.69) is 25.3 Å². The van der Waals surface area contributed by atoms with Gasteiger partial charge in [0.1, 0.15) is 5.82 Å². The first-order valence-corrected chi connectivity index (χ1v) is 9.72. The number of ketones is 1. The fourth-order valence-electron chi connectivity index (χ4n) is 3.87. The Balaban J connectivity index is 1.45. The number of fused-ring (bicyclic) bond motifs is 2. The smallest absolute Gasteiger partial charge is 0.230 e. The Kier molecular flexibility index (Phi) is 4.43. The maximum atomic E-state index is 13.2. The lowest BCUT2D eigenvalue weighted by Crippen LogP contribution is -2.21. The van der Waals surface area contributed by atoms with Crippen molar-refractivity contribution in [1.29, 1.82) is 0 Å². The molecule has 0 saturated carbocycles. The molecule has 7 heteroatoms. The van der Waals surface area contributed by atoms with E-state index in [0.29, 0.717) is 36.0 Å². The van der Waals surface area contributed by atoms with Crippen LogP contribution in [0.15, 0.2) is 54.7 Å². The zero-order valence-electron chi connectivity index (χ0n) is 16.3. The van der Waals surface area contributed by atoms with E-state index in [1.54, 1.807) is 18.3 Å². The minimum atomic E-state index is -0.291. The quantitative estimate of drug-likeness (QED) is 0.545. The van der Waals surface area contributed by atoms with Crippen molar-refractivity contribution < 1.29 is 9.18 Å². The summed E-state index contributed by atoms with van der Waals surface area (Å²) in [5, 5.41) is 4.05. The van der Waals surface area contributed by atoms with Crippen molar-refractivity contribution in [3.05, 3.63) is 83.1 Å². The molecule has 1 aliphatic carbocycles. The summed E-state index contributed by atoms with van der Waals surface area (Å²) in [4.78, 5) is 30.5. The third-order valence-corrected chi connectivity index (χ3v) is 5.40. The summed E-state index contributed by atoms with van der Waals surface area (Å²) in [7, 11) is 0. The van der Waals surface area contributed by atoms with Gasteiger partial charge in [-0.1, -0.05) is 30.3 Å². The van der Waals surface area contributed by atoms with E-state index in [4.69, 9.17) is 0 Å². The first kappa shape index (κ1) is 18.3. The second-order valence-electron chi connectivity index (χ2n) is 7.41. The molecule has 6 nitrogen and oxygen atoms in total. The van der Waals surface area contributed by atoms with Crippen LogP contribution < -0.4 is 5.32 Å². The van der Waals surface area contributed by atoms with Gasteiger partial charge < -0.3 is 0 Å². The first-order valence-electron chi connectivity index (χ1n) is 9.72. The largest absolute Gasteiger partial charge is 0.294 e. The summed E-state index contributed by atoms with van der Waals surface area (Å²) < 4.78 is 13.2. The number of hydrogen-bond acceptors (Lipinski definition) is 6. The number of carbonyl (C=O) groups is 1. The molecule has 0 spiro atoms. The Morgan fingerprint density at radius 3 is 2.60 bits per heavy atom. The molecule has 5 rings (SSSR count). The molecule has 0 aliphatic heterocycles. The van der Waals surface area contributed by atoms with E-state index in [0.717, 1.165) is 22.2 Å². The average molecular weight is 399 g/mol. The Labute approximate surface area is 172 Å². The summed E-state index contributed by atoms with van der Waals surface area (Å²) in [6.07, 6.45) is 2.51. The van der Waals surface area contributed by atoms with E-state index >= 15 is 0 Å². The highest BCUT2D eigenvalue weighted by molar-refractivity contribution is 5.98. The highest BCUT2D eigenvalue weighted by atomic mass is 19.1. The number of anilines is 2. The van der Waals surface area contributed by atoms with Gasteiger partial charge in [-0.25, -0.2) is 24.3 Å². The maximum Gasteiger partial charge on any atom is 0.230 e. The predicted octanol–water partition coefficient (Wildman–Crippen LogP) is 4.52. The maximum absolute atomic E-state index is 13.2. The zero-order chi connectivity index (χ0) is 20.7. The van der Waals surface area contributed by atoms with E-state index in [-0.39, 0.29) is 17.5 Å². The minimum absolute atomic E-state index is 0.00470. The Hall–Kier alpha value is -3.74. The molecule has 2 aromatic carbocycles. The average Bonchev–Trinajstić information content (AvgIpc) is 2.74. The van der Waals surface area contributed by atoms with Gasteiger partial charge in [-0.15, -0.1) is 0 Å². The van der Waals surface area contributed by atoms with Gasteiger partial charge in [0, 0.05) is 18.0 Å². The second-order valence-corrected chi connectivity index (χ2v) is 7.41. The number of carbonyl (C=O) groups excluding carboxylic acids is 1. The van der Waals surface area contributed by atoms with Gasteiger partial charge >= 0.3 is 0 Å². The molecule has 2 heterocycles. The summed E-state index contributed by atoms with van der Waals surface area (Å²) >= 11 is 0. The molecule has 30 heavy (non-hydrogen) atoms. The molecule has 1 atom stereocenters. The van der Waals surface area contributed by atoms with Crippen LogP contribution in [0, 0.1) is 12.7 Å². The van der Waals surface area contributed by atoms with E-state index in [1.165, 1.54) is 12.1 Å². The van der Waals surface area contributed by atoms with E-state index in [9.17, 15) is 9.18 Å². The highest BCUT2D eigenvalue weighted by Gasteiger charge is 2.28. The molecule has 4 aromatic rings. The normalized spacial score (nSPS) is 15.8. The molecule has 148 valence electrons. The number of hydrogen-bond donors (Lipinski definition) is 1. The number of aromatic nitrogens is 4. The van der Waals surface area contributed by atoms with Crippen LogP contribution in [0.25, 0.3) is 10.9 Å². The number of rotatable bonds is 3. The fourth-order valence-corrected chi connectivity index (χ4v) is 3.87. The van der Waals surface area contributed by atoms with Crippen molar-refractivity contribution in [2.45, 2.75) is 25.7 Å². The van der Waals surface area contributed by atoms with Crippen LogP contribution >= 0.6 is 0 Å². The number of benzene rings is 2. The molecular formula is C23H18FN5O. The second kappa shape index (κ2) is 7.26. The van der Waals surface area contributed by atoms with Gasteiger partial charge in [0.25, 0.3) is 0 Å². The molecule has 2 aromatic heterocycles. The molecule has 0 unspecified atom stereocenters. The molecular weight excluding hydrogens is 381 g/mol. The molecule has 0 amide bonds. The fraction of sp³-hybridized carbons (Fsp3) is 0.174. The molecule has 0 saturated heterocycles. The topological polar surface area (TPSA) is 80.7 Å². The van der Waals surface area contributed by atoms with Gasteiger partial charge in [0.05, 0.1) is 22.5 Å². The van der Waals surface area contributed by atoms with Crippen LogP contribution in [0.3, 0.4) is 0 Å². The number of para-hydroxylation sites is 1. The summed E-state index contributed by atoms with van der Waals surface area (Å²) in [5.41, 5.74) is 3.83. The third kappa shape index (κ3) is 3.39. The van der Waals surface area contributed by atoms with Crippen LogP contribution in [-0.2, 0) is 6.42 Å². The summed E-state index contributed by atoms with van der Waals surface area (Å²) in [6.45, 7) is 1.93. The lowest BCUT2D eigenvalue weighted by Gasteiger charge is -2.23. The standard InChI is InChI=1S/C23H18FN5O/c1-13-17-4-2-3-5-19(17)27-23(26-13)29-22-25-12-18-20(28-22)10-15(11-21(18)30)14-6-8-16(24)9-7-14/h2-9,12,15H,10-11H2,1H3,(H,25,26,27,28,29)/t15-/m0/s1. The van der Waals surface area contributed by atoms with Crippen LogP contribution in [-0.4, -0.2) is 25.7 Å². The number of nitrogens with zero attached hydrogens (tertiary/aromatic N) is 4. The number of Topliss-reactive ketones (excluding diaryl/α,β-unsaturated/α-hetero) is 1. The van der Waals surface area contributed by atoms with E-state index in [1.807, 2.05) is 31.2 Å². The molecule has 1 aliphatic rings. The van der Waals surface area contributed by atoms with Crippen LogP contribution in [0.4, 0.5) is 16.3 Å². The van der Waals surface area contributed by atoms with Crippen molar-refractivity contribution in [2.75, 3.05) is 5.32 Å². The van der Waals surface area contributed by atoms with Crippen molar-refractivity contribution >= 4 is 28.6 Å². The SMILES string of the molecule is Cc1nc(Nc2ncc3c(n2)C[C@H](c2ccc(F)cc2)CC3=O)nc2ccccc12. The monoisotopic (exact) mass is 399 g/mol. The zero-order valence-corrected chi connectivity index (χ0v) is 16.3. The van der Waals surface area contributed by atoms with Crippen LogP contribution in [0.2, 0.25) is 0 Å². The Bertz CT molecular complexity index is 1270.